The summed E-state index contributed by atoms with van der Waals surface area (Å²) in [6, 6.07) is 0. The maximum atomic E-state index is 12.3. The van der Waals surface area contributed by atoms with E-state index in [2.05, 4.69) is 4.98 Å². The van der Waals surface area contributed by atoms with Gasteiger partial charge in [0, 0.05) is 11.8 Å². The lowest BCUT2D eigenvalue weighted by molar-refractivity contribution is 0.112. The van der Waals surface area contributed by atoms with Crippen LogP contribution in [0.1, 0.15) is 27.9 Å². The molecule has 1 heterocycles. The second-order valence-corrected chi connectivity index (χ2v) is 2.56. The normalized spacial score (nSPS) is 10.5. The Balaban J connectivity index is 3.35. The molecule has 0 aliphatic carbocycles. The van der Waals surface area contributed by atoms with Crippen molar-refractivity contribution in [2.24, 2.45) is 0 Å². The first-order chi connectivity index (χ1) is 6.07. The highest BCUT2D eigenvalue weighted by atomic mass is 19.3. The largest absolute Gasteiger partial charge is 0.383 e. The number of nitrogens with zero attached hydrogens (tertiary/aromatic N) is 1. The van der Waals surface area contributed by atoms with Crippen molar-refractivity contribution in [3.05, 3.63) is 22.9 Å². The number of nitrogen functional groups attached to an aromatic ring is 1. The molecule has 1 aromatic heterocycles. The number of hydrogen-bond acceptors (Lipinski definition) is 3. The quantitative estimate of drug-likeness (QED) is 0.715. The summed E-state index contributed by atoms with van der Waals surface area (Å²) in [6.45, 7) is 1.42. The van der Waals surface area contributed by atoms with Gasteiger partial charge in [0.25, 0.3) is 6.43 Å². The van der Waals surface area contributed by atoms with Gasteiger partial charge >= 0.3 is 0 Å². The van der Waals surface area contributed by atoms with Gasteiger partial charge in [-0.15, -0.1) is 0 Å². The van der Waals surface area contributed by atoms with Crippen LogP contribution in [0.5, 0.6) is 0 Å². The van der Waals surface area contributed by atoms with E-state index < -0.39 is 6.43 Å². The first kappa shape index (κ1) is 9.57. The average molecular weight is 186 g/mol. The highest BCUT2D eigenvalue weighted by Gasteiger charge is 2.15. The molecule has 13 heavy (non-hydrogen) atoms. The molecule has 0 saturated carbocycles. The van der Waals surface area contributed by atoms with E-state index in [0.717, 1.165) is 6.20 Å². The number of aldehydes is 1. The van der Waals surface area contributed by atoms with Crippen molar-refractivity contribution in [1.82, 2.24) is 4.98 Å². The molecule has 0 aromatic carbocycles. The standard InChI is InChI=1S/C8H8F2N2O/c1-4-5(7(9)10)2-12-8(11)6(4)3-13/h2-3,7H,1H3,(H2,11,12). The number of rotatable bonds is 2. The van der Waals surface area contributed by atoms with E-state index in [4.69, 9.17) is 5.73 Å². The first-order valence-corrected chi connectivity index (χ1v) is 3.56. The second-order valence-electron chi connectivity index (χ2n) is 2.56. The molecule has 0 spiro atoms. The first-order valence-electron chi connectivity index (χ1n) is 3.56. The number of halogens is 2. The van der Waals surface area contributed by atoms with Crippen LogP contribution in [0.4, 0.5) is 14.6 Å². The molecule has 70 valence electrons. The van der Waals surface area contributed by atoms with Gasteiger partial charge in [-0.05, 0) is 12.5 Å². The Kier molecular flexibility index (Phi) is 2.55. The predicted octanol–water partition coefficient (Wildman–Crippen LogP) is 1.72. The van der Waals surface area contributed by atoms with Gasteiger partial charge in [0.1, 0.15) is 5.82 Å². The lowest BCUT2D eigenvalue weighted by Crippen LogP contribution is -2.03. The number of carbonyl (C=O) groups excluding carboxylic acids is 1. The molecule has 1 rings (SSSR count). The highest BCUT2D eigenvalue weighted by Crippen LogP contribution is 2.25. The zero-order valence-corrected chi connectivity index (χ0v) is 6.92. The molecular weight excluding hydrogens is 178 g/mol. The average Bonchev–Trinajstić information content (AvgIpc) is 2.04. The van der Waals surface area contributed by atoms with Crippen LogP contribution in [0.15, 0.2) is 6.20 Å². The number of carbonyl (C=O) groups is 1. The van der Waals surface area contributed by atoms with Gasteiger partial charge in [0.05, 0.1) is 5.56 Å². The third kappa shape index (κ3) is 1.63. The Hall–Kier alpha value is -1.52. The van der Waals surface area contributed by atoms with Crippen LogP contribution in [0.2, 0.25) is 0 Å². The summed E-state index contributed by atoms with van der Waals surface area (Å²) in [4.78, 5) is 14.0. The van der Waals surface area contributed by atoms with Crippen LogP contribution in [-0.2, 0) is 0 Å². The molecule has 3 nitrogen and oxygen atoms in total. The van der Waals surface area contributed by atoms with Crippen molar-refractivity contribution in [3.8, 4) is 0 Å². The summed E-state index contributed by atoms with van der Waals surface area (Å²) >= 11 is 0. The molecule has 0 fully saturated rings. The Labute approximate surface area is 73.6 Å². The van der Waals surface area contributed by atoms with Gasteiger partial charge in [-0.2, -0.15) is 0 Å². The van der Waals surface area contributed by atoms with Crippen LogP contribution in [0.3, 0.4) is 0 Å². The molecule has 0 amide bonds. The minimum Gasteiger partial charge on any atom is -0.383 e. The molecule has 0 atom stereocenters. The molecule has 0 radical (unpaired) electrons. The molecule has 0 unspecified atom stereocenters. The minimum atomic E-state index is -2.63. The number of aromatic nitrogens is 1. The molecule has 2 N–H and O–H groups in total. The minimum absolute atomic E-state index is 0.0168. The van der Waals surface area contributed by atoms with Crippen LogP contribution in [0.25, 0.3) is 0 Å². The fourth-order valence-corrected chi connectivity index (χ4v) is 1.02. The summed E-state index contributed by atoms with van der Waals surface area (Å²) in [5.41, 5.74) is 5.29. The van der Waals surface area contributed by atoms with Gasteiger partial charge in [0.15, 0.2) is 6.29 Å². The number of anilines is 1. The zero-order chi connectivity index (χ0) is 10.0. The Bertz CT molecular complexity index is 339. The summed E-state index contributed by atoms with van der Waals surface area (Å²) in [5.74, 6) is -0.0168. The zero-order valence-electron chi connectivity index (χ0n) is 6.92. The maximum Gasteiger partial charge on any atom is 0.265 e. The van der Waals surface area contributed by atoms with E-state index in [1.807, 2.05) is 0 Å². The van der Waals surface area contributed by atoms with Gasteiger partial charge in [-0.25, -0.2) is 13.8 Å². The molecule has 0 aliphatic rings. The van der Waals surface area contributed by atoms with E-state index in [-0.39, 0.29) is 22.5 Å². The third-order valence-corrected chi connectivity index (χ3v) is 1.81. The van der Waals surface area contributed by atoms with Crippen molar-refractivity contribution in [2.45, 2.75) is 13.3 Å². The predicted molar refractivity (Wildman–Crippen MR) is 43.7 cm³/mol. The second kappa shape index (κ2) is 3.47. The van der Waals surface area contributed by atoms with Crippen molar-refractivity contribution in [2.75, 3.05) is 5.73 Å². The number of hydrogen-bond donors (Lipinski definition) is 1. The fraction of sp³-hybridized carbons (Fsp3) is 0.250. The van der Waals surface area contributed by atoms with E-state index in [9.17, 15) is 13.6 Å². The van der Waals surface area contributed by atoms with Gasteiger partial charge in [-0.1, -0.05) is 0 Å². The molecule has 0 aliphatic heterocycles. The maximum absolute atomic E-state index is 12.3. The lowest BCUT2D eigenvalue weighted by atomic mass is 10.1. The van der Waals surface area contributed by atoms with Gasteiger partial charge in [-0.3, -0.25) is 4.79 Å². The third-order valence-electron chi connectivity index (χ3n) is 1.81. The summed E-state index contributed by atoms with van der Waals surface area (Å²) in [7, 11) is 0. The van der Waals surface area contributed by atoms with Crippen molar-refractivity contribution >= 4 is 12.1 Å². The van der Waals surface area contributed by atoms with Gasteiger partial charge in [0.2, 0.25) is 0 Å². The monoisotopic (exact) mass is 186 g/mol. The highest BCUT2D eigenvalue weighted by molar-refractivity contribution is 5.84. The SMILES string of the molecule is Cc1c(C(F)F)cnc(N)c1C=O. The number of alkyl halides is 2. The Morgan fingerprint density at radius 1 is 1.62 bits per heavy atom. The summed E-state index contributed by atoms with van der Waals surface area (Å²) < 4.78 is 24.6. The van der Waals surface area contributed by atoms with Crippen LogP contribution in [-0.4, -0.2) is 11.3 Å². The molecule has 0 bridgehead atoms. The lowest BCUT2D eigenvalue weighted by Gasteiger charge is -2.07. The molecule has 0 saturated heterocycles. The van der Waals surface area contributed by atoms with Crippen molar-refractivity contribution in [3.63, 3.8) is 0 Å². The summed E-state index contributed by atoms with van der Waals surface area (Å²) in [5, 5.41) is 0. The smallest absolute Gasteiger partial charge is 0.265 e. The van der Waals surface area contributed by atoms with Crippen LogP contribution < -0.4 is 5.73 Å². The number of pyridine rings is 1. The van der Waals surface area contributed by atoms with E-state index in [1.54, 1.807) is 0 Å². The van der Waals surface area contributed by atoms with Gasteiger partial charge < -0.3 is 5.73 Å². The van der Waals surface area contributed by atoms with Crippen molar-refractivity contribution in [1.29, 1.82) is 0 Å². The number of nitrogens with two attached hydrogens (primary N) is 1. The van der Waals surface area contributed by atoms with Crippen LogP contribution >= 0.6 is 0 Å². The van der Waals surface area contributed by atoms with E-state index >= 15 is 0 Å². The van der Waals surface area contributed by atoms with E-state index in [1.165, 1.54) is 6.92 Å². The topological polar surface area (TPSA) is 56.0 Å². The molecule has 1 aromatic rings. The summed E-state index contributed by atoms with van der Waals surface area (Å²) in [6.07, 6.45) is -1.21. The van der Waals surface area contributed by atoms with E-state index in [0.29, 0.717) is 6.29 Å². The molecule has 5 heteroatoms. The fourth-order valence-electron chi connectivity index (χ4n) is 1.02. The molecular formula is C8H8F2N2O. The Morgan fingerprint density at radius 2 is 2.23 bits per heavy atom. The van der Waals surface area contributed by atoms with Crippen LogP contribution in [0, 0.1) is 6.92 Å². The van der Waals surface area contributed by atoms with Crippen molar-refractivity contribution < 1.29 is 13.6 Å². The Morgan fingerprint density at radius 3 is 2.69 bits per heavy atom.